The van der Waals surface area contributed by atoms with Gasteiger partial charge in [-0.25, -0.2) is 0 Å². The maximum Gasteiger partial charge on any atom is -0.0231 e. The number of rotatable bonds is 1. The van der Waals surface area contributed by atoms with Crippen molar-refractivity contribution in [3.8, 4) is 0 Å². The second kappa shape index (κ2) is 4.58. The van der Waals surface area contributed by atoms with E-state index >= 15 is 0 Å². The molecule has 0 fully saturated rings. The van der Waals surface area contributed by atoms with Gasteiger partial charge in [0, 0.05) is 0 Å². The fourth-order valence-electron chi connectivity index (χ4n) is 1.66. The summed E-state index contributed by atoms with van der Waals surface area (Å²) >= 11 is 0. The van der Waals surface area contributed by atoms with E-state index in [1.54, 1.807) is 5.57 Å². The largest absolute Gasteiger partial charge is 0.0851 e. The van der Waals surface area contributed by atoms with Crippen LogP contribution in [0, 0.1) is 12.8 Å². The third kappa shape index (κ3) is 3.09. The summed E-state index contributed by atoms with van der Waals surface area (Å²) in [4.78, 5) is 0. The summed E-state index contributed by atoms with van der Waals surface area (Å²) in [6.07, 6.45) is 10.6. The fourth-order valence-corrected chi connectivity index (χ4v) is 1.66. The van der Waals surface area contributed by atoms with Crippen molar-refractivity contribution in [2.75, 3.05) is 0 Å². The van der Waals surface area contributed by atoms with Crippen LogP contribution in [0.1, 0.15) is 45.4 Å². The lowest BCUT2D eigenvalue weighted by atomic mass is 9.93. The van der Waals surface area contributed by atoms with Gasteiger partial charge >= 0.3 is 0 Å². The zero-order valence-electron chi connectivity index (χ0n) is 7.60. The summed E-state index contributed by atoms with van der Waals surface area (Å²) in [5, 5.41) is 0. The van der Waals surface area contributed by atoms with Crippen molar-refractivity contribution < 1.29 is 0 Å². The van der Waals surface area contributed by atoms with Crippen LogP contribution < -0.4 is 0 Å². The van der Waals surface area contributed by atoms with Gasteiger partial charge in [-0.1, -0.05) is 31.4 Å². The quantitative estimate of drug-likeness (QED) is 0.501. The average molecular weight is 151 g/mol. The minimum Gasteiger partial charge on any atom is -0.0851 e. The molecule has 0 aliphatic heterocycles. The lowest BCUT2D eigenvalue weighted by molar-refractivity contribution is 0.601. The van der Waals surface area contributed by atoms with Crippen LogP contribution in [0.4, 0.5) is 0 Å². The molecule has 0 heteroatoms. The molecule has 0 amide bonds. The molecule has 0 saturated heterocycles. The standard InChI is InChI=1S/C11H19/c1-10(2)11-8-6-4-3-5-7-9-11/h8,10H,1,3-7,9H2,2H3/b11-8+. The first-order valence-corrected chi connectivity index (χ1v) is 4.82. The highest BCUT2D eigenvalue weighted by molar-refractivity contribution is 5.07. The average Bonchev–Trinajstić information content (AvgIpc) is 1.84. The summed E-state index contributed by atoms with van der Waals surface area (Å²) in [5.41, 5.74) is 1.59. The van der Waals surface area contributed by atoms with Gasteiger partial charge in [-0.3, -0.25) is 0 Å². The number of hydrogen-bond acceptors (Lipinski definition) is 0. The fraction of sp³-hybridized carbons (Fsp3) is 0.727. The molecule has 1 radical (unpaired) electrons. The van der Waals surface area contributed by atoms with E-state index in [-0.39, 0.29) is 0 Å². The molecule has 0 N–H and O–H groups in total. The molecule has 63 valence electrons. The summed E-state index contributed by atoms with van der Waals surface area (Å²) in [7, 11) is 0. The second-order valence-corrected chi connectivity index (χ2v) is 3.63. The number of allylic oxidation sites excluding steroid dienone is 2. The molecule has 0 spiro atoms. The lowest BCUT2D eigenvalue weighted by Crippen LogP contribution is -1.97. The van der Waals surface area contributed by atoms with Crippen molar-refractivity contribution in [3.63, 3.8) is 0 Å². The van der Waals surface area contributed by atoms with Gasteiger partial charge in [-0.15, -0.1) is 0 Å². The second-order valence-electron chi connectivity index (χ2n) is 3.63. The Bertz CT molecular complexity index is 131. The normalized spacial score (nSPS) is 25.5. The van der Waals surface area contributed by atoms with E-state index in [4.69, 9.17) is 0 Å². The van der Waals surface area contributed by atoms with Crippen molar-refractivity contribution >= 4 is 0 Å². The zero-order chi connectivity index (χ0) is 8.10. The Hall–Kier alpha value is -0.260. The topological polar surface area (TPSA) is 0 Å². The van der Waals surface area contributed by atoms with Crippen LogP contribution in [0.5, 0.6) is 0 Å². The van der Waals surface area contributed by atoms with Gasteiger partial charge in [0.15, 0.2) is 0 Å². The minimum absolute atomic E-state index is 0.535. The molecule has 0 aromatic rings. The minimum atomic E-state index is 0.535. The Labute approximate surface area is 70.7 Å². The highest BCUT2D eigenvalue weighted by Crippen LogP contribution is 2.21. The van der Waals surface area contributed by atoms with Crippen LogP contribution in [0.15, 0.2) is 11.6 Å². The molecule has 1 unspecified atom stereocenters. The van der Waals surface area contributed by atoms with Gasteiger partial charge in [-0.2, -0.15) is 0 Å². The van der Waals surface area contributed by atoms with Crippen molar-refractivity contribution in [3.05, 3.63) is 18.6 Å². The van der Waals surface area contributed by atoms with Crippen LogP contribution in [-0.2, 0) is 0 Å². The molecular weight excluding hydrogens is 132 g/mol. The molecule has 0 aromatic heterocycles. The van der Waals surface area contributed by atoms with Gasteiger partial charge in [0.1, 0.15) is 0 Å². The van der Waals surface area contributed by atoms with E-state index in [1.807, 2.05) is 0 Å². The van der Waals surface area contributed by atoms with E-state index < -0.39 is 0 Å². The van der Waals surface area contributed by atoms with Crippen LogP contribution >= 0.6 is 0 Å². The summed E-state index contributed by atoms with van der Waals surface area (Å²) in [6, 6.07) is 0. The van der Waals surface area contributed by atoms with Crippen LogP contribution in [0.25, 0.3) is 0 Å². The van der Waals surface area contributed by atoms with Crippen molar-refractivity contribution in [2.45, 2.75) is 45.4 Å². The van der Waals surface area contributed by atoms with E-state index in [9.17, 15) is 0 Å². The predicted molar refractivity (Wildman–Crippen MR) is 50.3 cm³/mol. The van der Waals surface area contributed by atoms with Crippen molar-refractivity contribution in [1.82, 2.24) is 0 Å². The van der Waals surface area contributed by atoms with Crippen LogP contribution in [-0.4, -0.2) is 0 Å². The molecule has 0 aromatic carbocycles. The first kappa shape index (κ1) is 8.83. The summed E-state index contributed by atoms with van der Waals surface area (Å²) in [5.74, 6) is 0.535. The van der Waals surface area contributed by atoms with Crippen molar-refractivity contribution in [1.29, 1.82) is 0 Å². The zero-order valence-corrected chi connectivity index (χ0v) is 7.60. The number of hydrogen-bond donors (Lipinski definition) is 0. The molecule has 0 saturated carbocycles. The Morgan fingerprint density at radius 2 is 2.00 bits per heavy atom. The summed E-state index contributed by atoms with van der Waals surface area (Å²) in [6.45, 7) is 6.27. The molecule has 1 atom stereocenters. The van der Waals surface area contributed by atoms with Gasteiger partial charge in [0.25, 0.3) is 0 Å². The van der Waals surface area contributed by atoms with Crippen LogP contribution in [0.3, 0.4) is 0 Å². The van der Waals surface area contributed by atoms with Crippen molar-refractivity contribution in [2.24, 2.45) is 5.92 Å². The maximum atomic E-state index is 4.07. The molecule has 1 aliphatic carbocycles. The molecule has 0 bridgehead atoms. The Morgan fingerprint density at radius 1 is 1.27 bits per heavy atom. The van der Waals surface area contributed by atoms with Gasteiger partial charge in [0.2, 0.25) is 0 Å². The molecule has 11 heavy (non-hydrogen) atoms. The predicted octanol–water partition coefficient (Wildman–Crippen LogP) is 3.74. The van der Waals surface area contributed by atoms with E-state index in [0.717, 1.165) is 0 Å². The Balaban J connectivity index is 2.45. The summed E-state index contributed by atoms with van der Waals surface area (Å²) < 4.78 is 0. The SMILES string of the molecule is [CH2]C(C)/C1=C/CCCCCC1. The van der Waals surface area contributed by atoms with E-state index in [1.165, 1.54) is 38.5 Å². The van der Waals surface area contributed by atoms with Gasteiger partial charge in [0.05, 0.1) is 0 Å². The molecule has 0 heterocycles. The molecule has 0 nitrogen and oxygen atoms in total. The highest BCUT2D eigenvalue weighted by atomic mass is 14.1. The Morgan fingerprint density at radius 3 is 2.73 bits per heavy atom. The first-order chi connectivity index (χ1) is 5.30. The lowest BCUT2D eigenvalue weighted by Gasteiger charge is -2.13. The third-order valence-corrected chi connectivity index (χ3v) is 2.46. The molecule has 1 rings (SSSR count). The monoisotopic (exact) mass is 151 g/mol. The highest BCUT2D eigenvalue weighted by Gasteiger charge is 2.04. The molecular formula is C11H19. The van der Waals surface area contributed by atoms with Gasteiger partial charge in [-0.05, 0) is 38.5 Å². The maximum absolute atomic E-state index is 4.07. The Kier molecular flexibility index (Phi) is 3.68. The molecule has 1 aliphatic rings. The smallest absolute Gasteiger partial charge is 0.0231 e. The first-order valence-electron chi connectivity index (χ1n) is 4.82. The van der Waals surface area contributed by atoms with Crippen LogP contribution in [0.2, 0.25) is 0 Å². The third-order valence-electron chi connectivity index (χ3n) is 2.46. The van der Waals surface area contributed by atoms with E-state index in [2.05, 4.69) is 19.9 Å². The van der Waals surface area contributed by atoms with Gasteiger partial charge < -0.3 is 0 Å². The van der Waals surface area contributed by atoms with E-state index in [0.29, 0.717) is 5.92 Å².